The number of thiophene rings is 1. The van der Waals surface area contributed by atoms with Gasteiger partial charge in [0.1, 0.15) is 0 Å². The summed E-state index contributed by atoms with van der Waals surface area (Å²) in [7, 11) is 0. The Hall–Kier alpha value is 0.1000. The van der Waals surface area contributed by atoms with E-state index in [0.717, 1.165) is 23.9 Å². The summed E-state index contributed by atoms with van der Waals surface area (Å²) in [4.78, 5) is 1.20. The zero-order chi connectivity index (χ0) is 9.26. The van der Waals surface area contributed by atoms with Gasteiger partial charge in [-0.25, -0.2) is 0 Å². The molecule has 1 aromatic rings. The Kier molecular flexibility index (Phi) is 3.03. The van der Waals surface area contributed by atoms with Crippen LogP contribution in [0.1, 0.15) is 23.8 Å². The Morgan fingerprint density at radius 3 is 3.08 bits per heavy atom. The minimum atomic E-state index is 0.0388. The van der Waals surface area contributed by atoms with E-state index in [-0.39, 0.29) is 12.1 Å². The highest BCUT2D eigenvalue weighted by molar-refractivity contribution is 9.10. The van der Waals surface area contributed by atoms with E-state index in [1.54, 1.807) is 11.3 Å². The first kappa shape index (κ1) is 9.65. The maximum atomic E-state index is 6.10. The van der Waals surface area contributed by atoms with Gasteiger partial charge in [0.2, 0.25) is 0 Å². The van der Waals surface area contributed by atoms with Crippen LogP contribution in [0.25, 0.3) is 0 Å². The van der Waals surface area contributed by atoms with Gasteiger partial charge >= 0.3 is 0 Å². The quantitative estimate of drug-likeness (QED) is 0.889. The van der Waals surface area contributed by atoms with E-state index in [9.17, 15) is 0 Å². The molecular weight excluding hydrogens is 250 g/mol. The third-order valence-corrected chi connectivity index (χ3v) is 4.29. The third kappa shape index (κ3) is 1.96. The lowest BCUT2D eigenvalue weighted by Gasteiger charge is -2.17. The monoisotopic (exact) mass is 261 g/mol. The van der Waals surface area contributed by atoms with Crippen LogP contribution in [0, 0.1) is 0 Å². The number of halogens is 1. The van der Waals surface area contributed by atoms with Crippen molar-refractivity contribution < 1.29 is 4.74 Å². The van der Waals surface area contributed by atoms with Crippen LogP contribution in [-0.4, -0.2) is 12.7 Å². The maximum absolute atomic E-state index is 6.10. The highest BCUT2D eigenvalue weighted by atomic mass is 79.9. The van der Waals surface area contributed by atoms with Crippen LogP contribution in [0.3, 0.4) is 0 Å². The van der Waals surface area contributed by atoms with Gasteiger partial charge in [0, 0.05) is 16.0 Å². The second-order valence-corrected chi connectivity index (χ2v) is 5.01. The molecule has 1 aliphatic heterocycles. The summed E-state index contributed by atoms with van der Waals surface area (Å²) in [6.07, 6.45) is 2.45. The van der Waals surface area contributed by atoms with Gasteiger partial charge in [-0.2, -0.15) is 0 Å². The number of hydrogen-bond donors (Lipinski definition) is 1. The first-order valence-corrected chi connectivity index (χ1v) is 6.06. The molecule has 13 heavy (non-hydrogen) atoms. The van der Waals surface area contributed by atoms with Gasteiger partial charge in [0.15, 0.2) is 0 Å². The van der Waals surface area contributed by atoms with Crippen molar-refractivity contribution in [2.24, 2.45) is 5.73 Å². The minimum Gasteiger partial charge on any atom is -0.376 e. The van der Waals surface area contributed by atoms with E-state index in [0.29, 0.717) is 0 Å². The second-order valence-electron chi connectivity index (χ2n) is 3.21. The van der Waals surface area contributed by atoms with Gasteiger partial charge in [-0.1, -0.05) is 0 Å². The fraction of sp³-hybridized carbons (Fsp3) is 0.556. The predicted octanol–water partition coefficient (Wildman–Crippen LogP) is 2.69. The summed E-state index contributed by atoms with van der Waals surface area (Å²) >= 11 is 5.18. The molecule has 0 aliphatic carbocycles. The number of hydrogen-bond acceptors (Lipinski definition) is 3. The molecule has 0 amide bonds. The van der Waals surface area contributed by atoms with Gasteiger partial charge in [-0.05, 0) is 40.2 Å². The lowest BCUT2D eigenvalue weighted by atomic mass is 10.1. The smallest absolute Gasteiger partial charge is 0.0776 e. The Labute approximate surface area is 90.2 Å². The van der Waals surface area contributed by atoms with E-state index >= 15 is 0 Å². The van der Waals surface area contributed by atoms with Gasteiger partial charge in [-0.15, -0.1) is 11.3 Å². The largest absolute Gasteiger partial charge is 0.376 e. The fourth-order valence-corrected chi connectivity index (χ4v) is 3.29. The molecule has 0 saturated carbocycles. The minimum absolute atomic E-state index is 0.0388. The van der Waals surface area contributed by atoms with Crippen molar-refractivity contribution in [2.75, 3.05) is 6.61 Å². The highest BCUT2D eigenvalue weighted by Crippen LogP contribution is 2.33. The number of ether oxygens (including phenoxy) is 1. The van der Waals surface area contributed by atoms with Crippen molar-refractivity contribution in [2.45, 2.75) is 25.0 Å². The maximum Gasteiger partial charge on any atom is 0.0776 e. The standard InChI is InChI=1S/C9H12BrNOS/c10-6-3-5-13-9(6)8(11)7-2-1-4-12-7/h3,5,7-8H,1-2,4,11H2. The molecule has 0 radical (unpaired) electrons. The van der Waals surface area contributed by atoms with E-state index in [4.69, 9.17) is 10.5 Å². The van der Waals surface area contributed by atoms with Gasteiger partial charge in [-0.3, -0.25) is 0 Å². The zero-order valence-corrected chi connectivity index (χ0v) is 9.61. The zero-order valence-electron chi connectivity index (χ0n) is 7.20. The molecule has 0 bridgehead atoms. The molecule has 2 heterocycles. The Balaban J connectivity index is 2.12. The molecule has 2 atom stereocenters. The van der Waals surface area contributed by atoms with E-state index in [2.05, 4.69) is 15.9 Å². The second kappa shape index (κ2) is 4.09. The molecule has 1 fully saturated rings. The Bertz CT molecular complexity index is 283. The summed E-state index contributed by atoms with van der Waals surface area (Å²) in [6, 6.07) is 2.08. The molecule has 1 aromatic heterocycles. The Morgan fingerprint density at radius 1 is 1.69 bits per heavy atom. The molecule has 4 heteroatoms. The average molecular weight is 262 g/mol. The third-order valence-electron chi connectivity index (χ3n) is 2.31. The van der Waals surface area contributed by atoms with Crippen molar-refractivity contribution >= 4 is 27.3 Å². The van der Waals surface area contributed by atoms with Crippen molar-refractivity contribution in [1.29, 1.82) is 0 Å². The molecule has 0 spiro atoms. The van der Waals surface area contributed by atoms with Crippen molar-refractivity contribution in [3.05, 3.63) is 20.8 Å². The van der Waals surface area contributed by atoms with Crippen LogP contribution in [0.4, 0.5) is 0 Å². The van der Waals surface area contributed by atoms with Gasteiger partial charge in [0.25, 0.3) is 0 Å². The molecule has 1 aliphatic rings. The SMILES string of the molecule is NC(c1sccc1Br)C1CCCO1. The summed E-state index contributed by atoms with van der Waals surface area (Å²) in [5, 5.41) is 2.05. The van der Waals surface area contributed by atoms with Crippen molar-refractivity contribution in [1.82, 2.24) is 0 Å². The topological polar surface area (TPSA) is 35.2 Å². The normalized spacial score (nSPS) is 24.9. The molecule has 2 N–H and O–H groups in total. The van der Waals surface area contributed by atoms with E-state index in [1.807, 2.05) is 11.4 Å². The first-order valence-electron chi connectivity index (χ1n) is 4.39. The van der Waals surface area contributed by atoms with Crippen LogP contribution in [0.5, 0.6) is 0 Å². The summed E-state index contributed by atoms with van der Waals surface area (Å²) < 4.78 is 6.67. The summed E-state index contributed by atoms with van der Waals surface area (Å²) in [5.74, 6) is 0. The lowest BCUT2D eigenvalue weighted by Crippen LogP contribution is -2.24. The molecule has 2 nitrogen and oxygen atoms in total. The molecule has 2 unspecified atom stereocenters. The highest BCUT2D eigenvalue weighted by Gasteiger charge is 2.26. The van der Waals surface area contributed by atoms with Crippen LogP contribution in [-0.2, 0) is 4.74 Å². The molecule has 72 valence electrons. The summed E-state index contributed by atoms with van der Waals surface area (Å²) in [6.45, 7) is 0.862. The van der Waals surface area contributed by atoms with Gasteiger partial charge < -0.3 is 10.5 Å². The predicted molar refractivity (Wildman–Crippen MR) is 57.9 cm³/mol. The van der Waals surface area contributed by atoms with Gasteiger partial charge in [0.05, 0.1) is 12.1 Å². The fourth-order valence-electron chi connectivity index (χ4n) is 1.60. The summed E-state index contributed by atoms with van der Waals surface area (Å²) in [5.41, 5.74) is 6.10. The molecule has 1 saturated heterocycles. The van der Waals surface area contributed by atoms with Crippen LogP contribution in [0.15, 0.2) is 15.9 Å². The molecule has 0 aromatic carbocycles. The van der Waals surface area contributed by atoms with E-state index in [1.165, 1.54) is 4.88 Å². The van der Waals surface area contributed by atoms with E-state index < -0.39 is 0 Å². The molecule has 2 rings (SSSR count). The van der Waals surface area contributed by atoms with Crippen LogP contribution in [0.2, 0.25) is 0 Å². The number of nitrogens with two attached hydrogens (primary N) is 1. The average Bonchev–Trinajstić information content (AvgIpc) is 2.72. The van der Waals surface area contributed by atoms with Crippen LogP contribution >= 0.6 is 27.3 Å². The molecular formula is C9H12BrNOS. The number of rotatable bonds is 2. The van der Waals surface area contributed by atoms with Crippen LogP contribution < -0.4 is 5.73 Å². The first-order chi connectivity index (χ1) is 6.29. The van der Waals surface area contributed by atoms with Crippen molar-refractivity contribution in [3.8, 4) is 0 Å². The van der Waals surface area contributed by atoms with Crippen molar-refractivity contribution in [3.63, 3.8) is 0 Å². The Morgan fingerprint density at radius 2 is 2.54 bits per heavy atom. The lowest BCUT2D eigenvalue weighted by molar-refractivity contribution is 0.0908.